The molecule has 0 bridgehead atoms. The topological polar surface area (TPSA) is 129 Å². The Morgan fingerprint density at radius 2 is 1.79 bits per heavy atom. The third-order valence-electron chi connectivity index (χ3n) is 3.74. The summed E-state index contributed by atoms with van der Waals surface area (Å²) in [5.41, 5.74) is 1.36. The quantitative estimate of drug-likeness (QED) is 0.409. The Hall–Kier alpha value is -3.59. The SMILES string of the molecule is CCOc1nc(NCc2ccc(O)cc2)nc(Nc2ccc(C(=O)Cl)c(O)c2)n1. The van der Waals surface area contributed by atoms with Crippen LogP contribution in [0.3, 0.4) is 0 Å². The number of ether oxygens (including phenoxy) is 1. The zero-order chi connectivity index (χ0) is 20.8. The molecule has 2 aromatic carbocycles. The van der Waals surface area contributed by atoms with Gasteiger partial charge < -0.3 is 25.6 Å². The van der Waals surface area contributed by atoms with Gasteiger partial charge in [0.05, 0.1) is 12.2 Å². The van der Waals surface area contributed by atoms with Gasteiger partial charge in [0.15, 0.2) is 0 Å². The lowest BCUT2D eigenvalue weighted by atomic mass is 10.2. The molecule has 29 heavy (non-hydrogen) atoms. The lowest BCUT2D eigenvalue weighted by Gasteiger charge is -2.11. The van der Waals surface area contributed by atoms with Gasteiger partial charge in [0, 0.05) is 18.3 Å². The Kier molecular flexibility index (Phi) is 6.30. The van der Waals surface area contributed by atoms with E-state index in [1.165, 1.54) is 12.1 Å². The number of benzene rings is 2. The highest BCUT2D eigenvalue weighted by Crippen LogP contribution is 2.25. The van der Waals surface area contributed by atoms with E-state index in [0.717, 1.165) is 5.56 Å². The van der Waals surface area contributed by atoms with Crippen molar-refractivity contribution in [2.45, 2.75) is 13.5 Å². The number of halogens is 1. The average molecular weight is 416 g/mol. The van der Waals surface area contributed by atoms with Crippen LogP contribution in [0.1, 0.15) is 22.8 Å². The predicted octanol–water partition coefficient (Wildman–Crippen LogP) is 3.42. The number of nitrogens with zero attached hydrogens (tertiary/aromatic N) is 3. The van der Waals surface area contributed by atoms with Crippen LogP contribution in [0.4, 0.5) is 17.6 Å². The van der Waals surface area contributed by atoms with Crippen molar-refractivity contribution in [2.24, 2.45) is 0 Å². The minimum Gasteiger partial charge on any atom is -0.508 e. The number of phenols is 2. The second kappa shape index (κ2) is 9.07. The maximum absolute atomic E-state index is 11.2. The molecule has 1 aromatic heterocycles. The van der Waals surface area contributed by atoms with Crippen LogP contribution in [0.25, 0.3) is 0 Å². The van der Waals surface area contributed by atoms with Crippen LogP contribution in [0.15, 0.2) is 42.5 Å². The molecule has 3 aromatic rings. The number of rotatable bonds is 8. The molecule has 9 nitrogen and oxygen atoms in total. The van der Waals surface area contributed by atoms with Crippen LogP contribution < -0.4 is 15.4 Å². The predicted molar refractivity (Wildman–Crippen MR) is 108 cm³/mol. The van der Waals surface area contributed by atoms with Crippen molar-refractivity contribution in [3.8, 4) is 17.5 Å². The second-order valence-corrected chi connectivity index (χ2v) is 6.19. The van der Waals surface area contributed by atoms with Gasteiger partial charge >= 0.3 is 6.01 Å². The molecule has 0 saturated carbocycles. The molecular formula is C19H18ClN5O4. The van der Waals surface area contributed by atoms with Crippen molar-refractivity contribution < 1.29 is 19.7 Å². The third kappa shape index (κ3) is 5.45. The van der Waals surface area contributed by atoms with Gasteiger partial charge in [-0.25, -0.2) is 0 Å². The molecule has 0 amide bonds. The molecule has 1 heterocycles. The summed E-state index contributed by atoms with van der Waals surface area (Å²) in [6.07, 6.45) is 0. The van der Waals surface area contributed by atoms with E-state index in [4.69, 9.17) is 16.3 Å². The number of carbonyl (C=O) groups excluding carboxylic acids is 1. The number of hydrogen-bond donors (Lipinski definition) is 4. The molecular weight excluding hydrogens is 398 g/mol. The molecule has 0 fully saturated rings. The van der Waals surface area contributed by atoms with E-state index in [-0.39, 0.29) is 35.0 Å². The van der Waals surface area contributed by atoms with Crippen LogP contribution in [0, 0.1) is 0 Å². The minimum atomic E-state index is -0.756. The van der Waals surface area contributed by atoms with Gasteiger partial charge in [0.1, 0.15) is 11.5 Å². The second-order valence-electron chi connectivity index (χ2n) is 5.85. The Morgan fingerprint density at radius 1 is 1.07 bits per heavy atom. The maximum atomic E-state index is 11.2. The van der Waals surface area contributed by atoms with E-state index in [1.807, 2.05) is 0 Å². The molecule has 10 heteroatoms. The van der Waals surface area contributed by atoms with Gasteiger partial charge in [-0.3, -0.25) is 4.79 Å². The van der Waals surface area contributed by atoms with Crippen molar-refractivity contribution >= 4 is 34.4 Å². The molecule has 0 atom stereocenters. The molecule has 0 saturated heterocycles. The maximum Gasteiger partial charge on any atom is 0.323 e. The molecule has 0 aliphatic carbocycles. The fourth-order valence-corrected chi connectivity index (χ4v) is 2.54. The first-order valence-electron chi connectivity index (χ1n) is 8.65. The lowest BCUT2D eigenvalue weighted by molar-refractivity contribution is 0.107. The summed E-state index contributed by atoms with van der Waals surface area (Å²) in [4.78, 5) is 23.9. The molecule has 0 unspecified atom stereocenters. The monoisotopic (exact) mass is 415 g/mol. The highest BCUT2D eigenvalue weighted by Gasteiger charge is 2.11. The summed E-state index contributed by atoms with van der Waals surface area (Å²) in [6.45, 7) is 2.59. The lowest BCUT2D eigenvalue weighted by Crippen LogP contribution is -2.09. The summed E-state index contributed by atoms with van der Waals surface area (Å²) < 4.78 is 5.38. The van der Waals surface area contributed by atoms with E-state index in [0.29, 0.717) is 18.8 Å². The molecule has 0 spiro atoms. The normalized spacial score (nSPS) is 10.4. The number of anilines is 3. The summed E-state index contributed by atoms with van der Waals surface area (Å²) in [5.74, 6) is 0.376. The van der Waals surface area contributed by atoms with Crippen LogP contribution >= 0.6 is 11.6 Å². The summed E-state index contributed by atoms with van der Waals surface area (Å²) in [6, 6.07) is 11.1. The largest absolute Gasteiger partial charge is 0.508 e. The smallest absolute Gasteiger partial charge is 0.323 e. The van der Waals surface area contributed by atoms with Gasteiger partial charge in [-0.1, -0.05) is 12.1 Å². The van der Waals surface area contributed by atoms with Gasteiger partial charge in [-0.05, 0) is 48.4 Å². The fourth-order valence-electron chi connectivity index (χ4n) is 2.38. The van der Waals surface area contributed by atoms with E-state index in [1.54, 1.807) is 37.3 Å². The molecule has 0 aliphatic heterocycles. The number of nitrogens with one attached hydrogen (secondary N) is 2. The van der Waals surface area contributed by atoms with Crippen molar-refractivity contribution in [2.75, 3.05) is 17.2 Å². The highest BCUT2D eigenvalue weighted by atomic mass is 35.5. The number of aromatic hydroxyl groups is 2. The van der Waals surface area contributed by atoms with E-state index >= 15 is 0 Å². The molecule has 4 N–H and O–H groups in total. The Bertz CT molecular complexity index is 1010. The van der Waals surface area contributed by atoms with Gasteiger partial charge in [0.2, 0.25) is 11.9 Å². The molecule has 0 radical (unpaired) electrons. The van der Waals surface area contributed by atoms with Crippen molar-refractivity contribution in [1.29, 1.82) is 0 Å². The average Bonchev–Trinajstić information content (AvgIpc) is 2.67. The minimum absolute atomic E-state index is 0.000813. The van der Waals surface area contributed by atoms with Crippen molar-refractivity contribution in [1.82, 2.24) is 15.0 Å². The number of phenolic OH excluding ortho intramolecular Hbond substituents is 2. The first-order valence-corrected chi connectivity index (χ1v) is 9.03. The fraction of sp³-hybridized carbons (Fsp3) is 0.158. The van der Waals surface area contributed by atoms with Crippen LogP contribution in [-0.2, 0) is 6.54 Å². The third-order valence-corrected chi connectivity index (χ3v) is 3.94. The van der Waals surface area contributed by atoms with Crippen molar-refractivity contribution in [3.63, 3.8) is 0 Å². The van der Waals surface area contributed by atoms with Crippen molar-refractivity contribution in [3.05, 3.63) is 53.6 Å². The van der Waals surface area contributed by atoms with Gasteiger partial charge in [0.25, 0.3) is 5.24 Å². The molecule has 150 valence electrons. The number of aromatic nitrogens is 3. The Balaban J connectivity index is 1.79. The van der Waals surface area contributed by atoms with Gasteiger partial charge in [-0.2, -0.15) is 15.0 Å². The summed E-state index contributed by atoms with van der Waals surface area (Å²) in [5, 5.41) is 24.5. The Morgan fingerprint density at radius 3 is 2.45 bits per heavy atom. The first kappa shape index (κ1) is 20.2. The zero-order valence-corrected chi connectivity index (χ0v) is 16.1. The standard InChI is InChI=1S/C19H18ClN5O4/c1-2-29-19-24-17(21-10-11-3-6-13(26)7-4-11)23-18(25-19)22-12-5-8-14(16(20)28)15(27)9-12/h3-9,26-27H,2,10H2,1H3,(H2,21,22,23,24,25). The Labute approximate surface area is 171 Å². The number of carbonyl (C=O) groups is 1. The molecule has 3 rings (SSSR count). The van der Waals surface area contributed by atoms with E-state index < -0.39 is 5.24 Å². The molecule has 0 aliphatic rings. The summed E-state index contributed by atoms with van der Waals surface area (Å²) in [7, 11) is 0. The zero-order valence-electron chi connectivity index (χ0n) is 15.4. The van der Waals surface area contributed by atoms with Gasteiger partial charge in [-0.15, -0.1) is 0 Å². The first-order chi connectivity index (χ1) is 13.9. The summed E-state index contributed by atoms with van der Waals surface area (Å²) >= 11 is 5.40. The number of hydrogen-bond acceptors (Lipinski definition) is 9. The van der Waals surface area contributed by atoms with E-state index in [2.05, 4.69) is 25.6 Å². The highest BCUT2D eigenvalue weighted by molar-refractivity contribution is 6.68. The van der Waals surface area contributed by atoms with Crippen LogP contribution in [0.2, 0.25) is 0 Å². The van der Waals surface area contributed by atoms with Crippen LogP contribution in [-0.4, -0.2) is 37.0 Å². The van der Waals surface area contributed by atoms with Crippen LogP contribution in [0.5, 0.6) is 17.5 Å². The van der Waals surface area contributed by atoms with E-state index in [9.17, 15) is 15.0 Å².